The average molecular weight is 286 g/mol. The van der Waals surface area contributed by atoms with E-state index in [2.05, 4.69) is 10.3 Å². The van der Waals surface area contributed by atoms with Crippen LogP contribution in [0.2, 0.25) is 0 Å². The summed E-state index contributed by atoms with van der Waals surface area (Å²) in [7, 11) is 2.95. The number of halogens is 3. The fraction of sp³-hybridized carbons (Fsp3) is 0.308. The molecule has 20 heavy (non-hydrogen) atoms. The van der Waals surface area contributed by atoms with E-state index in [0.29, 0.717) is 22.3 Å². The Bertz CT molecular complexity index is 614. The van der Waals surface area contributed by atoms with Gasteiger partial charge in [-0.1, -0.05) is 0 Å². The molecule has 1 aromatic heterocycles. The van der Waals surface area contributed by atoms with E-state index in [9.17, 15) is 13.2 Å². The number of fused-ring (bicyclic) bond motifs is 1. The second-order valence-electron chi connectivity index (χ2n) is 4.06. The molecule has 7 heteroatoms. The van der Waals surface area contributed by atoms with E-state index in [1.165, 1.54) is 20.4 Å². The van der Waals surface area contributed by atoms with Crippen molar-refractivity contribution in [1.82, 2.24) is 4.98 Å². The van der Waals surface area contributed by atoms with Gasteiger partial charge < -0.3 is 14.8 Å². The maximum Gasteiger partial charge on any atom is 0.405 e. The van der Waals surface area contributed by atoms with Crippen molar-refractivity contribution >= 4 is 16.6 Å². The summed E-state index contributed by atoms with van der Waals surface area (Å²) < 4.78 is 47.1. The van der Waals surface area contributed by atoms with Crippen LogP contribution in [0.5, 0.6) is 11.5 Å². The molecule has 0 saturated carbocycles. The summed E-state index contributed by atoms with van der Waals surface area (Å²) in [4.78, 5) is 3.93. The molecule has 0 fully saturated rings. The summed E-state index contributed by atoms with van der Waals surface area (Å²) in [5, 5.41) is 3.53. The van der Waals surface area contributed by atoms with Crippen LogP contribution >= 0.6 is 0 Å². The van der Waals surface area contributed by atoms with Crippen LogP contribution in [0.25, 0.3) is 10.8 Å². The van der Waals surface area contributed by atoms with Crippen molar-refractivity contribution < 1.29 is 22.6 Å². The molecule has 2 aromatic rings. The van der Waals surface area contributed by atoms with Crippen molar-refractivity contribution in [1.29, 1.82) is 0 Å². The molecule has 0 spiro atoms. The van der Waals surface area contributed by atoms with Crippen LogP contribution in [0.4, 0.5) is 19.0 Å². The van der Waals surface area contributed by atoms with E-state index in [0.717, 1.165) is 0 Å². The maximum absolute atomic E-state index is 12.3. The van der Waals surface area contributed by atoms with E-state index in [1.54, 1.807) is 18.2 Å². The van der Waals surface area contributed by atoms with E-state index < -0.39 is 12.7 Å². The third kappa shape index (κ3) is 3.04. The van der Waals surface area contributed by atoms with Gasteiger partial charge in [-0.3, -0.25) is 0 Å². The largest absolute Gasteiger partial charge is 0.493 e. The molecule has 0 bridgehead atoms. The highest BCUT2D eigenvalue weighted by Gasteiger charge is 2.27. The number of benzene rings is 1. The molecule has 2 rings (SSSR count). The Labute approximate surface area is 113 Å². The second kappa shape index (κ2) is 5.44. The molecule has 1 heterocycles. The Morgan fingerprint density at radius 2 is 1.80 bits per heavy atom. The first-order valence-electron chi connectivity index (χ1n) is 5.76. The lowest BCUT2D eigenvalue weighted by atomic mass is 10.1. The predicted octanol–water partition coefficient (Wildman–Crippen LogP) is 3.23. The number of methoxy groups -OCH3 is 2. The Morgan fingerprint density at radius 3 is 2.40 bits per heavy atom. The molecule has 0 unspecified atom stereocenters. The minimum atomic E-state index is -4.31. The molecule has 0 aliphatic carbocycles. The summed E-state index contributed by atoms with van der Waals surface area (Å²) >= 11 is 0. The molecule has 0 aliphatic rings. The molecule has 0 atom stereocenters. The summed E-state index contributed by atoms with van der Waals surface area (Å²) in [6.45, 7) is -1.15. The fourth-order valence-electron chi connectivity index (χ4n) is 1.82. The second-order valence-corrected chi connectivity index (χ2v) is 4.06. The zero-order chi connectivity index (χ0) is 14.8. The quantitative estimate of drug-likeness (QED) is 0.937. The lowest BCUT2D eigenvalue weighted by Gasteiger charge is -2.13. The number of anilines is 1. The Balaban J connectivity index is 2.45. The maximum atomic E-state index is 12.3. The van der Waals surface area contributed by atoms with E-state index in [-0.39, 0.29) is 5.82 Å². The molecule has 4 nitrogen and oxygen atoms in total. The summed E-state index contributed by atoms with van der Waals surface area (Å²) in [6.07, 6.45) is -2.87. The molecule has 0 radical (unpaired) electrons. The molecular formula is C13H13F3N2O2. The highest BCUT2D eigenvalue weighted by molar-refractivity contribution is 5.94. The van der Waals surface area contributed by atoms with Crippen LogP contribution in [0.15, 0.2) is 24.4 Å². The molecule has 1 N–H and O–H groups in total. The smallest absolute Gasteiger partial charge is 0.405 e. The van der Waals surface area contributed by atoms with Crippen molar-refractivity contribution in [3.63, 3.8) is 0 Å². The number of rotatable bonds is 4. The summed E-state index contributed by atoms with van der Waals surface area (Å²) in [5.41, 5.74) is 0. The van der Waals surface area contributed by atoms with Crippen LogP contribution in [0.3, 0.4) is 0 Å². The molecule has 0 aliphatic heterocycles. The van der Waals surface area contributed by atoms with Gasteiger partial charge in [0.05, 0.1) is 14.2 Å². The van der Waals surface area contributed by atoms with E-state index in [4.69, 9.17) is 9.47 Å². The Hall–Kier alpha value is -2.18. The highest BCUT2D eigenvalue weighted by atomic mass is 19.4. The normalized spacial score (nSPS) is 11.4. The van der Waals surface area contributed by atoms with Gasteiger partial charge in [0, 0.05) is 11.6 Å². The minimum Gasteiger partial charge on any atom is -0.493 e. The molecule has 108 valence electrons. The van der Waals surface area contributed by atoms with Gasteiger partial charge in [-0.15, -0.1) is 0 Å². The standard InChI is InChI=1S/C13H13F3N2O2/c1-19-10-5-8-3-4-17-12(18-7-13(14,15)16)9(8)6-11(10)20-2/h3-6H,7H2,1-2H3,(H,17,18). The van der Waals surface area contributed by atoms with Crippen molar-refractivity contribution in [2.24, 2.45) is 0 Å². The van der Waals surface area contributed by atoms with Gasteiger partial charge >= 0.3 is 6.18 Å². The first-order valence-corrected chi connectivity index (χ1v) is 5.76. The number of pyridine rings is 1. The van der Waals surface area contributed by atoms with Gasteiger partial charge in [0.25, 0.3) is 0 Å². The lowest BCUT2D eigenvalue weighted by molar-refractivity contribution is -0.115. The minimum absolute atomic E-state index is 0.153. The molecule has 0 saturated heterocycles. The number of nitrogens with zero attached hydrogens (tertiary/aromatic N) is 1. The monoisotopic (exact) mass is 286 g/mol. The number of aromatic nitrogens is 1. The Morgan fingerprint density at radius 1 is 1.15 bits per heavy atom. The third-order valence-electron chi connectivity index (χ3n) is 2.72. The average Bonchev–Trinajstić information content (AvgIpc) is 2.42. The van der Waals surface area contributed by atoms with Gasteiger partial charge in [0.15, 0.2) is 11.5 Å². The zero-order valence-corrected chi connectivity index (χ0v) is 10.9. The molecule has 1 aromatic carbocycles. The SMILES string of the molecule is COc1cc2ccnc(NCC(F)(F)F)c2cc1OC. The van der Waals surface area contributed by atoms with Crippen LogP contribution in [0, 0.1) is 0 Å². The number of ether oxygens (including phenoxy) is 2. The van der Waals surface area contributed by atoms with Gasteiger partial charge in [-0.2, -0.15) is 13.2 Å². The fourth-order valence-corrected chi connectivity index (χ4v) is 1.82. The Kier molecular flexibility index (Phi) is 3.87. The highest BCUT2D eigenvalue weighted by Crippen LogP contribution is 2.34. The van der Waals surface area contributed by atoms with Gasteiger partial charge in [-0.05, 0) is 23.6 Å². The van der Waals surface area contributed by atoms with Gasteiger partial charge in [-0.25, -0.2) is 4.98 Å². The summed E-state index contributed by atoms with van der Waals surface area (Å²) in [6, 6.07) is 4.98. The number of hydrogen-bond donors (Lipinski definition) is 1. The third-order valence-corrected chi connectivity index (χ3v) is 2.72. The van der Waals surface area contributed by atoms with Crippen molar-refractivity contribution in [3.8, 4) is 11.5 Å². The van der Waals surface area contributed by atoms with Crippen LogP contribution in [0.1, 0.15) is 0 Å². The van der Waals surface area contributed by atoms with Crippen LogP contribution in [-0.2, 0) is 0 Å². The number of hydrogen-bond acceptors (Lipinski definition) is 4. The van der Waals surface area contributed by atoms with E-state index in [1.807, 2.05) is 0 Å². The van der Waals surface area contributed by atoms with Crippen molar-refractivity contribution in [2.75, 3.05) is 26.1 Å². The summed E-state index contributed by atoms with van der Waals surface area (Å²) in [5.74, 6) is 1.09. The topological polar surface area (TPSA) is 43.4 Å². The van der Waals surface area contributed by atoms with Gasteiger partial charge in [0.2, 0.25) is 0 Å². The lowest BCUT2D eigenvalue weighted by Crippen LogP contribution is -2.21. The van der Waals surface area contributed by atoms with Gasteiger partial charge in [0.1, 0.15) is 12.4 Å². The van der Waals surface area contributed by atoms with Crippen LogP contribution in [-0.4, -0.2) is 31.9 Å². The zero-order valence-electron chi connectivity index (χ0n) is 10.9. The first-order chi connectivity index (χ1) is 9.44. The predicted molar refractivity (Wildman–Crippen MR) is 69.4 cm³/mol. The molecule has 0 amide bonds. The van der Waals surface area contributed by atoms with Crippen molar-refractivity contribution in [2.45, 2.75) is 6.18 Å². The van der Waals surface area contributed by atoms with Crippen molar-refractivity contribution in [3.05, 3.63) is 24.4 Å². The number of nitrogens with one attached hydrogen (secondary N) is 1. The number of alkyl halides is 3. The molecular weight excluding hydrogens is 273 g/mol. The van der Waals surface area contributed by atoms with Crippen LogP contribution < -0.4 is 14.8 Å². The van der Waals surface area contributed by atoms with E-state index >= 15 is 0 Å². The first kappa shape index (κ1) is 14.2.